The highest BCUT2D eigenvalue weighted by molar-refractivity contribution is 8.00. The van der Waals surface area contributed by atoms with Gasteiger partial charge in [0.1, 0.15) is 17.3 Å². The number of benzene rings is 1. The number of amides is 1. The van der Waals surface area contributed by atoms with Crippen LogP contribution in [-0.2, 0) is 30.2 Å². The number of carbonyl (C=O) groups is 1. The van der Waals surface area contributed by atoms with Crippen molar-refractivity contribution in [3.05, 3.63) is 62.4 Å². The molecule has 0 saturated carbocycles. The number of aromatic nitrogens is 3. The topological polar surface area (TPSA) is 95.2 Å². The van der Waals surface area contributed by atoms with Crippen LogP contribution in [0.25, 0.3) is 11.0 Å². The number of nitrogens with zero attached hydrogens (tertiary/aromatic N) is 3. The molecule has 0 unspecified atom stereocenters. The Kier molecular flexibility index (Phi) is 6.32. The standard InChI is InChI=1S/C19H18F2N4O4S/c1-24-17-15(18(27)25(2)19(24)28)16(10(7-22-17)8-29-3)30-9-14(26)23-13-5-4-11(20)6-12(13)21/h4-7H,8-9H2,1-3H3,(H,23,26). The van der Waals surface area contributed by atoms with Crippen molar-refractivity contribution in [1.82, 2.24) is 14.1 Å². The van der Waals surface area contributed by atoms with Gasteiger partial charge in [0, 0.05) is 43.9 Å². The smallest absolute Gasteiger partial charge is 0.332 e. The number of hydrogen-bond donors (Lipinski definition) is 1. The van der Waals surface area contributed by atoms with Crippen LogP contribution in [0.3, 0.4) is 0 Å². The van der Waals surface area contributed by atoms with Gasteiger partial charge in [0.15, 0.2) is 0 Å². The summed E-state index contributed by atoms with van der Waals surface area (Å²) in [6.07, 6.45) is 1.48. The number of pyridine rings is 1. The zero-order valence-electron chi connectivity index (χ0n) is 16.4. The summed E-state index contributed by atoms with van der Waals surface area (Å²) in [5.41, 5.74) is -0.495. The minimum atomic E-state index is -0.897. The van der Waals surface area contributed by atoms with Crippen molar-refractivity contribution in [3.8, 4) is 0 Å². The van der Waals surface area contributed by atoms with Crippen LogP contribution in [0, 0.1) is 11.6 Å². The summed E-state index contributed by atoms with van der Waals surface area (Å²) in [7, 11) is 4.32. The van der Waals surface area contributed by atoms with Gasteiger partial charge < -0.3 is 10.1 Å². The van der Waals surface area contributed by atoms with E-state index in [4.69, 9.17) is 4.74 Å². The van der Waals surface area contributed by atoms with Crippen LogP contribution >= 0.6 is 11.8 Å². The zero-order chi connectivity index (χ0) is 22.0. The van der Waals surface area contributed by atoms with Crippen molar-refractivity contribution < 1.29 is 18.3 Å². The molecule has 0 aliphatic heterocycles. The molecule has 3 aromatic rings. The number of halogens is 2. The number of carbonyl (C=O) groups excluding carboxylic acids is 1. The molecule has 0 bridgehead atoms. The van der Waals surface area contributed by atoms with Crippen molar-refractivity contribution in [3.63, 3.8) is 0 Å². The number of nitrogens with one attached hydrogen (secondary N) is 1. The van der Waals surface area contributed by atoms with Crippen LogP contribution < -0.4 is 16.6 Å². The van der Waals surface area contributed by atoms with Crippen molar-refractivity contribution in [2.45, 2.75) is 11.5 Å². The molecule has 0 spiro atoms. The fraction of sp³-hybridized carbons (Fsp3) is 0.263. The van der Waals surface area contributed by atoms with Crippen molar-refractivity contribution in [1.29, 1.82) is 0 Å². The maximum atomic E-state index is 13.8. The molecule has 0 saturated heterocycles. The first-order chi connectivity index (χ1) is 14.2. The van der Waals surface area contributed by atoms with Crippen LogP contribution in [0.5, 0.6) is 0 Å². The third-order valence-electron chi connectivity index (χ3n) is 4.35. The quantitative estimate of drug-likeness (QED) is 0.592. The number of rotatable bonds is 6. The zero-order valence-corrected chi connectivity index (χ0v) is 17.2. The van der Waals surface area contributed by atoms with Gasteiger partial charge >= 0.3 is 5.69 Å². The van der Waals surface area contributed by atoms with E-state index in [9.17, 15) is 23.2 Å². The lowest BCUT2D eigenvalue weighted by atomic mass is 10.2. The molecule has 11 heteroatoms. The summed E-state index contributed by atoms with van der Waals surface area (Å²) in [6, 6.07) is 2.82. The Morgan fingerprint density at radius 2 is 1.97 bits per heavy atom. The van der Waals surface area contributed by atoms with Gasteiger partial charge in [-0.25, -0.2) is 18.6 Å². The first-order valence-electron chi connectivity index (χ1n) is 8.68. The highest BCUT2D eigenvalue weighted by atomic mass is 32.2. The number of thioether (sulfide) groups is 1. The number of fused-ring (bicyclic) bond motifs is 1. The van der Waals surface area contributed by atoms with E-state index >= 15 is 0 Å². The minimum Gasteiger partial charge on any atom is -0.380 e. The molecule has 158 valence electrons. The molecule has 3 rings (SSSR count). The molecular weight excluding hydrogens is 418 g/mol. The van der Waals surface area contributed by atoms with Crippen LogP contribution in [0.15, 0.2) is 38.9 Å². The summed E-state index contributed by atoms with van der Waals surface area (Å²) in [5, 5.41) is 2.55. The van der Waals surface area contributed by atoms with Gasteiger partial charge in [-0.15, -0.1) is 11.8 Å². The lowest BCUT2D eigenvalue weighted by molar-refractivity contribution is -0.113. The van der Waals surface area contributed by atoms with E-state index in [-0.39, 0.29) is 29.1 Å². The Morgan fingerprint density at radius 1 is 1.23 bits per heavy atom. The normalized spacial score (nSPS) is 11.1. The van der Waals surface area contributed by atoms with E-state index in [1.165, 1.54) is 32.0 Å². The third-order valence-corrected chi connectivity index (χ3v) is 5.51. The fourth-order valence-corrected chi connectivity index (χ4v) is 3.85. The second-order valence-electron chi connectivity index (χ2n) is 6.41. The van der Waals surface area contributed by atoms with Gasteiger partial charge in [-0.2, -0.15) is 0 Å². The molecule has 0 aliphatic rings. The SMILES string of the molecule is COCc1cnc2c(c1SCC(=O)Nc1ccc(F)cc1F)c(=O)n(C)c(=O)n2C. The largest absolute Gasteiger partial charge is 0.380 e. The molecule has 1 amide bonds. The first kappa shape index (κ1) is 21.7. The van der Waals surface area contributed by atoms with Gasteiger partial charge in [-0.05, 0) is 12.1 Å². The predicted octanol–water partition coefficient (Wildman–Crippen LogP) is 1.79. The molecule has 2 heterocycles. The Balaban J connectivity index is 1.97. The molecule has 1 N–H and O–H groups in total. The van der Waals surface area contributed by atoms with Gasteiger partial charge in [-0.1, -0.05) is 0 Å². The maximum Gasteiger partial charge on any atom is 0.332 e. The Hall–Kier alpha value is -3.05. The maximum absolute atomic E-state index is 13.8. The predicted molar refractivity (Wildman–Crippen MR) is 109 cm³/mol. The average molecular weight is 436 g/mol. The van der Waals surface area contributed by atoms with Crippen LogP contribution in [0.1, 0.15) is 5.56 Å². The van der Waals surface area contributed by atoms with E-state index < -0.39 is 28.8 Å². The molecule has 1 aromatic carbocycles. The minimum absolute atomic E-state index is 0.130. The third kappa shape index (κ3) is 4.12. The monoisotopic (exact) mass is 436 g/mol. The highest BCUT2D eigenvalue weighted by Crippen LogP contribution is 2.29. The lowest BCUT2D eigenvalue weighted by Gasteiger charge is -2.14. The Morgan fingerprint density at radius 3 is 2.63 bits per heavy atom. The molecule has 0 fully saturated rings. The number of methoxy groups -OCH3 is 1. The summed E-state index contributed by atoms with van der Waals surface area (Å²) < 4.78 is 34.1. The average Bonchev–Trinajstić information content (AvgIpc) is 2.71. The molecular formula is C19H18F2N4O4S. The van der Waals surface area contributed by atoms with Crippen LogP contribution in [-0.4, -0.2) is 32.9 Å². The summed E-state index contributed by atoms with van der Waals surface area (Å²) in [6.45, 7) is 0.130. The molecule has 0 radical (unpaired) electrons. The van der Waals surface area contributed by atoms with E-state index in [0.717, 1.165) is 28.5 Å². The molecule has 30 heavy (non-hydrogen) atoms. The fourth-order valence-electron chi connectivity index (χ4n) is 2.88. The molecule has 0 atom stereocenters. The van der Waals surface area contributed by atoms with Gasteiger partial charge in [0.25, 0.3) is 5.56 Å². The van der Waals surface area contributed by atoms with E-state index in [2.05, 4.69) is 10.3 Å². The number of ether oxygens (including phenoxy) is 1. The summed E-state index contributed by atoms with van der Waals surface area (Å²) in [4.78, 5) is 41.9. The van der Waals surface area contributed by atoms with Crippen molar-refractivity contribution in [2.75, 3.05) is 18.2 Å². The second kappa shape index (κ2) is 8.76. The first-order valence-corrected chi connectivity index (χ1v) is 9.67. The Labute approximate surface area is 173 Å². The van der Waals surface area contributed by atoms with Gasteiger partial charge in [-0.3, -0.25) is 18.7 Å². The van der Waals surface area contributed by atoms with Gasteiger partial charge in [0.2, 0.25) is 5.91 Å². The number of hydrogen-bond acceptors (Lipinski definition) is 6. The lowest BCUT2D eigenvalue weighted by Crippen LogP contribution is -2.37. The highest BCUT2D eigenvalue weighted by Gasteiger charge is 2.19. The summed E-state index contributed by atoms with van der Waals surface area (Å²) >= 11 is 1.03. The van der Waals surface area contributed by atoms with Gasteiger partial charge in [0.05, 0.1) is 23.4 Å². The summed E-state index contributed by atoms with van der Waals surface area (Å²) in [5.74, 6) is -2.38. The van der Waals surface area contributed by atoms with Crippen LogP contribution in [0.2, 0.25) is 0 Å². The second-order valence-corrected chi connectivity index (χ2v) is 7.40. The van der Waals surface area contributed by atoms with E-state index in [0.29, 0.717) is 16.5 Å². The van der Waals surface area contributed by atoms with Crippen LogP contribution in [0.4, 0.5) is 14.5 Å². The van der Waals surface area contributed by atoms with E-state index in [1.54, 1.807) is 0 Å². The molecule has 2 aromatic heterocycles. The molecule has 0 aliphatic carbocycles. The van der Waals surface area contributed by atoms with Crippen molar-refractivity contribution >= 4 is 34.4 Å². The van der Waals surface area contributed by atoms with E-state index in [1.807, 2.05) is 0 Å². The van der Waals surface area contributed by atoms with Crippen molar-refractivity contribution in [2.24, 2.45) is 14.1 Å². The number of anilines is 1. The number of aryl methyl sites for hydroxylation is 1. The Bertz CT molecular complexity index is 1260. The molecule has 8 nitrogen and oxygen atoms in total.